The molecule has 14 heavy (non-hydrogen) atoms. The molecule has 0 bridgehead atoms. The number of hydrogen-bond acceptors (Lipinski definition) is 0. The van der Waals surface area contributed by atoms with Gasteiger partial charge in [-0.05, 0) is 48.4 Å². The van der Waals surface area contributed by atoms with Crippen LogP contribution in [0.25, 0.3) is 0 Å². The highest BCUT2D eigenvalue weighted by Gasteiger charge is 2.07. The van der Waals surface area contributed by atoms with Crippen molar-refractivity contribution in [3.63, 3.8) is 0 Å². The monoisotopic (exact) mass is 188 g/mol. The van der Waals surface area contributed by atoms with Crippen LogP contribution in [0.4, 0.5) is 0 Å². The molecule has 0 unspecified atom stereocenters. The molecule has 0 aromatic heterocycles. The molecule has 0 heterocycles. The van der Waals surface area contributed by atoms with Gasteiger partial charge in [0.05, 0.1) is 0 Å². The van der Waals surface area contributed by atoms with Crippen LogP contribution in [-0.4, -0.2) is 0 Å². The van der Waals surface area contributed by atoms with Gasteiger partial charge in [-0.2, -0.15) is 0 Å². The second-order valence-electron chi connectivity index (χ2n) is 4.21. The topological polar surface area (TPSA) is 0 Å². The van der Waals surface area contributed by atoms with Gasteiger partial charge >= 0.3 is 0 Å². The van der Waals surface area contributed by atoms with Crippen LogP contribution in [0.2, 0.25) is 0 Å². The minimum absolute atomic E-state index is 0.617. The molecular formula is C14H20. The molecule has 0 amide bonds. The normalized spacial score (nSPS) is 10.6. The highest BCUT2D eigenvalue weighted by molar-refractivity contribution is 5.41. The SMILES string of the molecule is C=CCc1ccc(C(C)C)c(C)c1C. The Morgan fingerprint density at radius 3 is 2.36 bits per heavy atom. The van der Waals surface area contributed by atoms with Gasteiger partial charge in [0, 0.05) is 0 Å². The lowest BCUT2D eigenvalue weighted by atomic mass is 9.91. The van der Waals surface area contributed by atoms with Crippen LogP contribution >= 0.6 is 0 Å². The second-order valence-corrected chi connectivity index (χ2v) is 4.21. The molecule has 0 aliphatic carbocycles. The fourth-order valence-electron chi connectivity index (χ4n) is 1.90. The molecule has 0 radical (unpaired) electrons. The standard InChI is InChI=1S/C14H20/c1-6-7-13-8-9-14(10(2)3)12(5)11(13)4/h6,8-10H,1,7H2,2-5H3. The van der Waals surface area contributed by atoms with E-state index in [4.69, 9.17) is 0 Å². The molecule has 0 heteroatoms. The van der Waals surface area contributed by atoms with E-state index in [1.165, 1.54) is 22.3 Å². The third kappa shape index (κ3) is 2.06. The molecule has 76 valence electrons. The quantitative estimate of drug-likeness (QED) is 0.625. The van der Waals surface area contributed by atoms with E-state index < -0.39 is 0 Å². The molecule has 0 saturated heterocycles. The van der Waals surface area contributed by atoms with E-state index in [-0.39, 0.29) is 0 Å². The lowest BCUT2D eigenvalue weighted by Gasteiger charge is -2.15. The molecule has 0 nitrogen and oxygen atoms in total. The minimum Gasteiger partial charge on any atom is -0.103 e. The summed E-state index contributed by atoms with van der Waals surface area (Å²) in [6.45, 7) is 12.7. The third-order valence-corrected chi connectivity index (χ3v) is 2.93. The van der Waals surface area contributed by atoms with E-state index in [1.54, 1.807) is 0 Å². The predicted molar refractivity (Wildman–Crippen MR) is 63.9 cm³/mol. The van der Waals surface area contributed by atoms with Crippen LogP contribution in [0.5, 0.6) is 0 Å². The summed E-state index contributed by atoms with van der Waals surface area (Å²) in [5.74, 6) is 0.617. The largest absolute Gasteiger partial charge is 0.103 e. The molecule has 0 N–H and O–H groups in total. The zero-order valence-corrected chi connectivity index (χ0v) is 9.72. The number of rotatable bonds is 3. The lowest BCUT2D eigenvalue weighted by molar-refractivity contribution is 0.851. The Labute approximate surface area is 87.7 Å². The first-order chi connectivity index (χ1) is 6.57. The Morgan fingerprint density at radius 2 is 1.86 bits per heavy atom. The number of benzene rings is 1. The summed E-state index contributed by atoms with van der Waals surface area (Å²) in [4.78, 5) is 0. The summed E-state index contributed by atoms with van der Waals surface area (Å²) in [5, 5.41) is 0. The Bertz CT molecular complexity index is 332. The Balaban J connectivity index is 3.18. The van der Waals surface area contributed by atoms with Gasteiger partial charge in [-0.3, -0.25) is 0 Å². The minimum atomic E-state index is 0.617. The van der Waals surface area contributed by atoms with Gasteiger partial charge in [-0.15, -0.1) is 6.58 Å². The van der Waals surface area contributed by atoms with Crippen LogP contribution in [0.15, 0.2) is 24.8 Å². The first-order valence-corrected chi connectivity index (χ1v) is 5.27. The first kappa shape index (κ1) is 11.0. The van der Waals surface area contributed by atoms with Crippen molar-refractivity contribution < 1.29 is 0 Å². The smallest absolute Gasteiger partial charge is 0.00974 e. The van der Waals surface area contributed by atoms with Crippen LogP contribution < -0.4 is 0 Å². The molecule has 1 aromatic carbocycles. The number of hydrogen-bond donors (Lipinski definition) is 0. The van der Waals surface area contributed by atoms with Crippen molar-refractivity contribution in [2.75, 3.05) is 0 Å². The van der Waals surface area contributed by atoms with Crippen molar-refractivity contribution in [1.82, 2.24) is 0 Å². The fraction of sp³-hybridized carbons (Fsp3) is 0.429. The third-order valence-electron chi connectivity index (χ3n) is 2.93. The predicted octanol–water partition coefficient (Wildman–Crippen LogP) is 4.16. The molecule has 1 rings (SSSR count). The summed E-state index contributed by atoms with van der Waals surface area (Å²) in [6, 6.07) is 4.49. The van der Waals surface area contributed by atoms with E-state index in [1.807, 2.05) is 6.08 Å². The fourth-order valence-corrected chi connectivity index (χ4v) is 1.90. The van der Waals surface area contributed by atoms with Crippen LogP contribution in [-0.2, 0) is 6.42 Å². The van der Waals surface area contributed by atoms with E-state index >= 15 is 0 Å². The van der Waals surface area contributed by atoms with Crippen molar-refractivity contribution in [2.24, 2.45) is 0 Å². The maximum Gasteiger partial charge on any atom is -0.00974 e. The van der Waals surface area contributed by atoms with Crippen molar-refractivity contribution in [1.29, 1.82) is 0 Å². The van der Waals surface area contributed by atoms with Crippen LogP contribution in [0.3, 0.4) is 0 Å². The molecule has 1 aromatic rings. The summed E-state index contributed by atoms with van der Waals surface area (Å²) >= 11 is 0. The molecule has 0 aliphatic rings. The van der Waals surface area contributed by atoms with Crippen molar-refractivity contribution in [3.05, 3.63) is 47.0 Å². The zero-order valence-electron chi connectivity index (χ0n) is 9.72. The van der Waals surface area contributed by atoms with Crippen molar-refractivity contribution in [3.8, 4) is 0 Å². The average molecular weight is 188 g/mol. The Morgan fingerprint density at radius 1 is 1.21 bits per heavy atom. The van der Waals surface area contributed by atoms with E-state index in [0.717, 1.165) is 6.42 Å². The van der Waals surface area contributed by atoms with Crippen LogP contribution in [0, 0.1) is 13.8 Å². The van der Waals surface area contributed by atoms with Gasteiger partial charge in [-0.1, -0.05) is 32.1 Å². The molecule has 0 spiro atoms. The summed E-state index contributed by atoms with van der Waals surface area (Å²) < 4.78 is 0. The molecule has 0 aliphatic heterocycles. The van der Waals surface area contributed by atoms with Crippen LogP contribution in [0.1, 0.15) is 42.0 Å². The Kier molecular flexibility index (Phi) is 3.51. The van der Waals surface area contributed by atoms with Crippen molar-refractivity contribution >= 4 is 0 Å². The first-order valence-electron chi connectivity index (χ1n) is 5.27. The van der Waals surface area contributed by atoms with Gasteiger partial charge in [0.25, 0.3) is 0 Å². The average Bonchev–Trinajstić information content (AvgIpc) is 2.13. The van der Waals surface area contributed by atoms with E-state index in [2.05, 4.69) is 46.4 Å². The highest BCUT2D eigenvalue weighted by Crippen LogP contribution is 2.24. The molecule has 0 atom stereocenters. The van der Waals surface area contributed by atoms with E-state index in [0.29, 0.717) is 5.92 Å². The molecule has 0 fully saturated rings. The number of allylic oxidation sites excluding steroid dienone is 1. The summed E-state index contributed by atoms with van der Waals surface area (Å²) in [5.41, 5.74) is 5.74. The zero-order chi connectivity index (χ0) is 10.7. The van der Waals surface area contributed by atoms with Crippen molar-refractivity contribution in [2.45, 2.75) is 40.0 Å². The van der Waals surface area contributed by atoms with Gasteiger partial charge < -0.3 is 0 Å². The Hall–Kier alpha value is -1.04. The van der Waals surface area contributed by atoms with Gasteiger partial charge in [0.2, 0.25) is 0 Å². The molecular weight excluding hydrogens is 168 g/mol. The summed E-state index contributed by atoms with van der Waals surface area (Å²) in [6.07, 6.45) is 2.95. The lowest BCUT2D eigenvalue weighted by Crippen LogP contribution is -1.98. The summed E-state index contributed by atoms with van der Waals surface area (Å²) in [7, 11) is 0. The highest BCUT2D eigenvalue weighted by atomic mass is 14.1. The van der Waals surface area contributed by atoms with Gasteiger partial charge in [0.1, 0.15) is 0 Å². The van der Waals surface area contributed by atoms with Gasteiger partial charge in [0.15, 0.2) is 0 Å². The maximum atomic E-state index is 3.78. The molecule has 0 saturated carbocycles. The van der Waals surface area contributed by atoms with E-state index in [9.17, 15) is 0 Å². The second kappa shape index (κ2) is 4.45. The van der Waals surface area contributed by atoms with Gasteiger partial charge in [-0.25, -0.2) is 0 Å². The maximum absolute atomic E-state index is 3.78.